The van der Waals surface area contributed by atoms with Crippen LogP contribution in [0.1, 0.15) is 40.5 Å². The zero-order valence-corrected chi connectivity index (χ0v) is 13.3. The summed E-state index contributed by atoms with van der Waals surface area (Å²) in [5.74, 6) is -0.472. The highest BCUT2D eigenvalue weighted by atomic mass is 31.2. The van der Waals surface area contributed by atoms with Gasteiger partial charge in [-0.15, -0.1) is 0 Å². The number of carbonyl (C=O) groups is 2. The van der Waals surface area contributed by atoms with Crippen LogP contribution < -0.4 is 0 Å². The van der Waals surface area contributed by atoms with Crippen LogP contribution >= 0.6 is 7.37 Å². The van der Waals surface area contributed by atoms with E-state index in [0.717, 1.165) is 0 Å². The Kier molecular flexibility index (Phi) is 4.96. The third-order valence-electron chi connectivity index (χ3n) is 3.48. The van der Waals surface area contributed by atoms with E-state index in [-0.39, 0.29) is 11.8 Å². The zero-order valence-electron chi connectivity index (χ0n) is 12.4. The van der Waals surface area contributed by atoms with Gasteiger partial charge in [0.05, 0.1) is 17.7 Å². The van der Waals surface area contributed by atoms with Crippen molar-refractivity contribution in [2.75, 3.05) is 26.0 Å². The van der Waals surface area contributed by atoms with Gasteiger partial charge in [-0.25, -0.2) is 0 Å². The van der Waals surface area contributed by atoms with Crippen molar-refractivity contribution in [3.63, 3.8) is 0 Å². The van der Waals surface area contributed by atoms with Crippen molar-refractivity contribution in [3.05, 3.63) is 35.4 Å². The first-order valence-electron chi connectivity index (χ1n) is 7.12. The van der Waals surface area contributed by atoms with E-state index in [2.05, 4.69) is 0 Å². The number of benzene rings is 1. The molecule has 1 aliphatic heterocycles. The van der Waals surface area contributed by atoms with Crippen molar-refractivity contribution in [1.82, 2.24) is 4.90 Å². The van der Waals surface area contributed by atoms with Crippen LogP contribution in [0, 0.1) is 0 Å². The number of carbonyl (C=O) groups excluding carboxylic acids is 2. The van der Waals surface area contributed by atoms with Gasteiger partial charge in [0.1, 0.15) is 0 Å². The molecule has 1 atom stereocenters. The Morgan fingerprint density at radius 2 is 1.67 bits per heavy atom. The standard InChI is InChI=1S/C15H20NO4P/c1-3-20-21(2,19)11-7-6-10-16-14(17)12-8-4-5-9-13(12)15(16)18/h4-5,8-9H,3,6-7,10-11H2,1-2H3. The third kappa shape index (κ3) is 3.60. The van der Waals surface area contributed by atoms with Gasteiger partial charge in [-0.3, -0.25) is 19.1 Å². The van der Waals surface area contributed by atoms with E-state index in [9.17, 15) is 14.2 Å². The molecule has 0 N–H and O–H groups in total. The fourth-order valence-electron chi connectivity index (χ4n) is 2.45. The van der Waals surface area contributed by atoms with Gasteiger partial charge < -0.3 is 4.52 Å². The molecule has 2 rings (SSSR count). The van der Waals surface area contributed by atoms with Gasteiger partial charge in [0.2, 0.25) is 0 Å². The molecule has 1 aromatic rings. The molecule has 0 spiro atoms. The highest BCUT2D eigenvalue weighted by Gasteiger charge is 2.34. The third-order valence-corrected chi connectivity index (χ3v) is 5.41. The summed E-state index contributed by atoms with van der Waals surface area (Å²) in [6.45, 7) is 4.23. The molecule has 0 fully saturated rings. The summed E-state index contributed by atoms with van der Waals surface area (Å²) in [5.41, 5.74) is 0.941. The molecule has 2 amide bonds. The van der Waals surface area contributed by atoms with Crippen LogP contribution in [0.3, 0.4) is 0 Å². The maximum absolute atomic E-state index is 12.1. The monoisotopic (exact) mass is 309 g/mol. The number of unbranched alkanes of at least 4 members (excludes halogenated alkanes) is 1. The number of fused-ring (bicyclic) bond motifs is 1. The van der Waals surface area contributed by atoms with Crippen molar-refractivity contribution in [1.29, 1.82) is 0 Å². The lowest BCUT2D eigenvalue weighted by molar-refractivity contribution is 0.0652. The number of rotatable bonds is 7. The van der Waals surface area contributed by atoms with Crippen LogP contribution in [-0.2, 0) is 9.09 Å². The normalized spacial score (nSPS) is 17.0. The molecule has 0 radical (unpaired) electrons. The average molecular weight is 309 g/mol. The maximum atomic E-state index is 12.1. The van der Waals surface area contributed by atoms with E-state index in [0.29, 0.717) is 43.3 Å². The van der Waals surface area contributed by atoms with E-state index in [1.807, 2.05) is 6.92 Å². The number of hydrogen-bond acceptors (Lipinski definition) is 4. The largest absolute Gasteiger partial charge is 0.329 e. The van der Waals surface area contributed by atoms with Crippen molar-refractivity contribution in [3.8, 4) is 0 Å². The predicted octanol–water partition coefficient (Wildman–Crippen LogP) is 3.01. The van der Waals surface area contributed by atoms with E-state index in [1.54, 1.807) is 30.9 Å². The lowest BCUT2D eigenvalue weighted by Crippen LogP contribution is -2.30. The number of imide groups is 1. The van der Waals surface area contributed by atoms with Gasteiger partial charge in [-0.2, -0.15) is 0 Å². The molecule has 0 aliphatic carbocycles. The minimum atomic E-state index is -2.53. The van der Waals surface area contributed by atoms with Crippen LogP contribution in [0.5, 0.6) is 0 Å². The molecule has 0 bridgehead atoms. The minimum absolute atomic E-state index is 0.236. The van der Waals surface area contributed by atoms with Crippen LogP contribution in [-0.4, -0.2) is 42.7 Å². The van der Waals surface area contributed by atoms with Gasteiger partial charge in [0.15, 0.2) is 7.37 Å². The Balaban J connectivity index is 1.87. The highest BCUT2D eigenvalue weighted by molar-refractivity contribution is 7.58. The van der Waals surface area contributed by atoms with E-state index >= 15 is 0 Å². The van der Waals surface area contributed by atoms with Crippen molar-refractivity contribution < 1.29 is 18.7 Å². The molecule has 114 valence electrons. The van der Waals surface area contributed by atoms with Gasteiger partial charge in [0, 0.05) is 19.4 Å². The molecule has 1 aliphatic rings. The molecule has 0 aromatic heterocycles. The lowest BCUT2D eigenvalue weighted by atomic mass is 10.1. The van der Waals surface area contributed by atoms with E-state index in [1.165, 1.54) is 4.90 Å². The smallest absolute Gasteiger partial charge is 0.261 e. The topological polar surface area (TPSA) is 63.7 Å². The van der Waals surface area contributed by atoms with Crippen molar-refractivity contribution >= 4 is 19.2 Å². The number of hydrogen-bond donors (Lipinski definition) is 0. The Morgan fingerprint density at radius 1 is 1.10 bits per heavy atom. The molecule has 21 heavy (non-hydrogen) atoms. The summed E-state index contributed by atoms with van der Waals surface area (Å²) < 4.78 is 17.1. The van der Waals surface area contributed by atoms with Crippen molar-refractivity contribution in [2.24, 2.45) is 0 Å². The maximum Gasteiger partial charge on any atom is 0.261 e. The quantitative estimate of drug-likeness (QED) is 0.441. The molecule has 1 heterocycles. The van der Waals surface area contributed by atoms with Gasteiger partial charge in [-0.1, -0.05) is 12.1 Å². The SMILES string of the molecule is CCOP(C)(=O)CCCCN1C(=O)c2ccccc2C1=O. The Morgan fingerprint density at radius 3 is 2.19 bits per heavy atom. The molecular weight excluding hydrogens is 289 g/mol. The molecule has 5 nitrogen and oxygen atoms in total. The number of nitrogens with zero attached hydrogens (tertiary/aromatic N) is 1. The fraction of sp³-hybridized carbons (Fsp3) is 0.467. The Labute approximate surface area is 124 Å². The van der Waals surface area contributed by atoms with Gasteiger partial charge >= 0.3 is 0 Å². The van der Waals surface area contributed by atoms with E-state index < -0.39 is 7.37 Å². The predicted molar refractivity (Wildman–Crippen MR) is 81.1 cm³/mol. The van der Waals surface area contributed by atoms with E-state index in [4.69, 9.17) is 4.52 Å². The summed E-state index contributed by atoms with van der Waals surface area (Å²) in [6.07, 6.45) is 1.78. The Bertz CT molecular complexity index is 564. The van der Waals surface area contributed by atoms with Crippen LogP contribution in [0.15, 0.2) is 24.3 Å². The molecule has 0 saturated carbocycles. The van der Waals surface area contributed by atoms with Crippen LogP contribution in [0.2, 0.25) is 0 Å². The summed E-state index contributed by atoms with van der Waals surface area (Å²) in [6, 6.07) is 6.85. The summed E-state index contributed by atoms with van der Waals surface area (Å²) in [4.78, 5) is 25.5. The number of amides is 2. The second kappa shape index (κ2) is 6.54. The fourth-order valence-corrected chi connectivity index (χ4v) is 3.92. The Hall–Kier alpha value is -1.45. The van der Waals surface area contributed by atoms with Crippen LogP contribution in [0.25, 0.3) is 0 Å². The molecule has 6 heteroatoms. The van der Waals surface area contributed by atoms with Gasteiger partial charge in [-0.05, 0) is 31.9 Å². The first-order chi connectivity index (χ1) is 9.96. The summed E-state index contributed by atoms with van der Waals surface area (Å²) in [7, 11) is -2.53. The summed E-state index contributed by atoms with van der Waals surface area (Å²) >= 11 is 0. The molecule has 1 aromatic carbocycles. The molecule has 0 saturated heterocycles. The van der Waals surface area contributed by atoms with Gasteiger partial charge in [0.25, 0.3) is 11.8 Å². The minimum Gasteiger partial charge on any atom is -0.329 e. The van der Waals surface area contributed by atoms with Crippen molar-refractivity contribution in [2.45, 2.75) is 19.8 Å². The highest BCUT2D eigenvalue weighted by Crippen LogP contribution is 2.43. The second-order valence-electron chi connectivity index (χ2n) is 5.17. The first-order valence-corrected chi connectivity index (χ1v) is 9.38. The molecule has 1 unspecified atom stereocenters. The summed E-state index contributed by atoms with van der Waals surface area (Å²) in [5, 5.41) is 0. The zero-order chi connectivity index (χ0) is 15.5. The molecular formula is C15H20NO4P. The average Bonchev–Trinajstić information content (AvgIpc) is 2.68. The first kappa shape index (κ1) is 15.9. The lowest BCUT2D eigenvalue weighted by Gasteiger charge is -2.15. The second-order valence-corrected chi connectivity index (χ2v) is 7.90. The van der Waals surface area contributed by atoms with Crippen LogP contribution in [0.4, 0.5) is 0 Å².